The van der Waals surface area contributed by atoms with Crippen molar-refractivity contribution >= 4 is 29.0 Å². The second-order valence-electron chi connectivity index (χ2n) is 5.87. The Hall–Kier alpha value is -2.03. The van der Waals surface area contributed by atoms with Crippen LogP contribution in [-0.2, 0) is 0 Å². The van der Waals surface area contributed by atoms with Crippen molar-refractivity contribution in [2.75, 3.05) is 0 Å². The lowest BCUT2D eigenvalue weighted by molar-refractivity contribution is 0.101. The first-order valence-electron chi connectivity index (χ1n) is 7.64. The summed E-state index contributed by atoms with van der Waals surface area (Å²) < 4.78 is 2.02. The number of hydrogen-bond acceptors (Lipinski definition) is 1. The molecule has 0 radical (unpaired) electrons. The fourth-order valence-electron chi connectivity index (χ4n) is 2.94. The maximum absolute atomic E-state index is 12.3. The van der Waals surface area contributed by atoms with Crippen molar-refractivity contribution in [2.45, 2.75) is 20.8 Å². The number of hydrogen-bond donors (Lipinski definition) is 0. The third-order valence-corrected chi connectivity index (χ3v) is 4.98. The summed E-state index contributed by atoms with van der Waals surface area (Å²) in [6, 6.07) is 13.6. The Kier molecular flexibility index (Phi) is 4.53. The van der Waals surface area contributed by atoms with Crippen LogP contribution in [0.1, 0.15) is 28.5 Å². The van der Waals surface area contributed by atoms with Crippen molar-refractivity contribution in [2.24, 2.45) is 0 Å². The molecule has 0 saturated heterocycles. The smallest absolute Gasteiger partial charge is 0.162 e. The van der Waals surface area contributed by atoms with Gasteiger partial charge in [-0.3, -0.25) is 4.79 Å². The molecular weight excluding hydrogens is 341 g/mol. The SMILES string of the molecule is CC(=O)c1c(-c2cccc(Cl)c2Cl)cn(-c2ccc(C)cc2)c1C. The summed E-state index contributed by atoms with van der Waals surface area (Å²) in [4.78, 5) is 12.3. The van der Waals surface area contributed by atoms with Crippen molar-refractivity contribution in [1.29, 1.82) is 0 Å². The molecule has 3 aromatic rings. The van der Waals surface area contributed by atoms with Crippen molar-refractivity contribution in [3.05, 3.63) is 75.5 Å². The van der Waals surface area contributed by atoms with Gasteiger partial charge < -0.3 is 4.57 Å². The van der Waals surface area contributed by atoms with Gasteiger partial charge in [-0.05, 0) is 39.0 Å². The van der Waals surface area contributed by atoms with E-state index in [0.717, 1.165) is 22.5 Å². The Labute approximate surface area is 151 Å². The van der Waals surface area contributed by atoms with Crippen LogP contribution in [0.4, 0.5) is 0 Å². The summed E-state index contributed by atoms with van der Waals surface area (Å²) in [5.41, 5.74) is 5.31. The van der Waals surface area contributed by atoms with Crippen LogP contribution < -0.4 is 0 Å². The Bertz CT molecular complexity index is 924. The van der Waals surface area contributed by atoms with Gasteiger partial charge in [-0.15, -0.1) is 0 Å². The summed E-state index contributed by atoms with van der Waals surface area (Å²) in [6.07, 6.45) is 1.95. The minimum Gasteiger partial charge on any atom is -0.320 e. The van der Waals surface area contributed by atoms with Gasteiger partial charge in [-0.1, -0.05) is 53.0 Å². The molecular formula is C20H17Cl2NO. The number of rotatable bonds is 3. The number of ketones is 1. The molecule has 1 aromatic heterocycles. The van der Waals surface area contributed by atoms with Crippen LogP contribution in [0.25, 0.3) is 16.8 Å². The van der Waals surface area contributed by atoms with Gasteiger partial charge >= 0.3 is 0 Å². The predicted octanol–water partition coefficient (Wildman–Crippen LogP) is 6.27. The minimum absolute atomic E-state index is 0.00408. The average molecular weight is 358 g/mol. The number of Topliss-reactive ketones (excluding diaryl/α,β-unsaturated/α-hetero) is 1. The van der Waals surface area contributed by atoms with Gasteiger partial charge in [0.2, 0.25) is 0 Å². The highest BCUT2D eigenvalue weighted by molar-refractivity contribution is 6.43. The molecule has 2 aromatic carbocycles. The summed E-state index contributed by atoms with van der Waals surface area (Å²) in [6.45, 7) is 5.56. The molecule has 0 spiro atoms. The Morgan fingerprint density at radius 1 is 0.958 bits per heavy atom. The van der Waals surface area contributed by atoms with Crippen molar-refractivity contribution in [1.82, 2.24) is 4.57 Å². The van der Waals surface area contributed by atoms with Crippen molar-refractivity contribution in [3.63, 3.8) is 0 Å². The number of aryl methyl sites for hydroxylation is 1. The van der Waals surface area contributed by atoms with Gasteiger partial charge in [-0.2, -0.15) is 0 Å². The normalized spacial score (nSPS) is 10.9. The quantitative estimate of drug-likeness (QED) is 0.506. The first-order valence-corrected chi connectivity index (χ1v) is 8.40. The second-order valence-corrected chi connectivity index (χ2v) is 6.65. The van der Waals surface area contributed by atoms with E-state index in [2.05, 4.69) is 0 Å². The highest BCUT2D eigenvalue weighted by Crippen LogP contribution is 2.38. The van der Waals surface area contributed by atoms with E-state index in [1.807, 2.05) is 61.0 Å². The third-order valence-electron chi connectivity index (χ3n) is 4.16. The molecule has 122 valence electrons. The van der Waals surface area contributed by atoms with Crippen LogP contribution in [0.2, 0.25) is 10.0 Å². The lowest BCUT2D eigenvalue weighted by Gasteiger charge is -2.07. The molecule has 0 fully saturated rings. The number of benzene rings is 2. The maximum atomic E-state index is 12.3. The van der Waals surface area contributed by atoms with Crippen LogP contribution in [0.5, 0.6) is 0 Å². The maximum Gasteiger partial charge on any atom is 0.162 e. The molecule has 0 aliphatic rings. The highest BCUT2D eigenvalue weighted by Gasteiger charge is 2.20. The molecule has 24 heavy (non-hydrogen) atoms. The minimum atomic E-state index is 0.00408. The highest BCUT2D eigenvalue weighted by atomic mass is 35.5. The lowest BCUT2D eigenvalue weighted by atomic mass is 10.0. The van der Waals surface area contributed by atoms with E-state index in [9.17, 15) is 4.79 Å². The van der Waals surface area contributed by atoms with Crippen LogP contribution in [0, 0.1) is 13.8 Å². The van der Waals surface area contributed by atoms with Gasteiger partial charge in [0, 0.05) is 34.3 Å². The van der Waals surface area contributed by atoms with E-state index in [1.54, 1.807) is 13.0 Å². The molecule has 0 aliphatic heterocycles. The van der Waals surface area contributed by atoms with Crippen LogP contribution in [0.3, 0.4) is 0 Å². The molecule has 2 nitrogen and oxygen atoms in total. The first-order chi connectivity index (χ1) is 11.4. The molecule has 0 amide bonds. The molecule has 0 unspecified atom stereocenters. The summed E-state index contributed by atoms with van der Waals surface area (Å²) in [7, 11) is 0. The van der Waals surface area contributed by atoms with E-state index < -0.39 is 0 Å². The summed E-state index contributed by atoms with van der Waals surface area (Å²) >= 11 is 12.5. The van der Waals surface area contributed by atoms with Crippen LogP contribution in [0.15, 0.2) is 48.7 Å². The van der Waals surface area contributed by atoms with E-state index in [0.29, 0.717) is 15.6 Å². The average Bonchev–Trinajstić information content (AvgIpc) is 2.88. The lowest BCUT2D eigenvalue weighted by Crippen LogP contribution is -1.99. The standard InChI is InChI=1S/C20H17Cl2NO/c1-12-7-9-15(10-8-12)23-11-17(19(13(23)2)14(3)24)16-5-4-6-18(21)20(16)22/h4-11H,1-3H3. The van der Waals surface area contributed by atoms with E-state index >= 15 is 0 Å². The van der Waals surface area contributed by atoms with Crippen LogP contribution in [-0.4, -0.2) is 10.4 Å². The number of aromatic nitrogens is 1. The van der Waals surface area contributed by atoms with Gasteiger partial charge in [0.25, 0.3) is 0 Å². The molecule has 3 rings (SSSR count). The van der Waals surface area contributed by atoms with Crippen LogP contribution >= 0.6 is 23.2 Å². The topological polar surface area (TPSA) is 22.0 Å². The number of carbonyl (C=O) groups excluding carboxylic acids is 1. The number of nitrogens with zero attached hydrogens (tertiary/aromatic N) is 1. The largest absolute Gasteiger partial charge is 0.320 e. The molecule has 0 N–H and O–H groups in total. The van der Waals surface area contributed by atoms with Crippen molar-refractivity contribution < 1.29 is 4.79 Å². The summed E-state index contributed by atoms with van der Waals surface area (Å²) in [5.74, 6) is 0.00408. The van der Waals surface area contributed by atoms with E-state index in [-0.39, 0.29) is 5.78 Å². The summed E-state index contributed by atoms with van der Waals surface area (Å²) in [5, 5.41) is 0.937. The van der Waals surface area contributed by atoms with E-state index in [1.165, 1.54) is 5.56 Å². The Balaban J connectivity index is 2.27. The molecule has 4 heteroatoms. The monoisotopic (exact) mass is 357 g/mol. The number of halogens is 2. The molecule has 0 aliphatic carbocycles. The zero-order valence-corrected chi connectivity index (χ0v) is 15.2. The number of carbonyl (C=O) groups is 1. The van der Waals surface area contributed by atoms with Gasteiger partial charge in [0.1, 0.15) is 0 Å². The second kappa shape index (κ2) is 6.46. The van der Waals surface area contributed by atoms with Gasteiger partial charge in [0.15, 0.2) is 5.78 Å². The zero-order valence-electron chi connectivity index (χ0n) is 13.7. The fourth-order valence-corrected chi connectivity index (χ4v) is 3.34. The predicted molar refractivity (Wildman–Crippen MR) is 101 cm³/mol. The molecule has 0 saturated carbocycles. The molecule has 0 bridgehead atoms. The Morgan fingerprint density at radius 2 is 1.62 bits per heavy atom. The van der Waals surface area contributed by atoms with Gasteiger partial charge in [0.05, 0.1) is 10.0 Å². The van der Waals surface area contributed by atoms with Gasteiger partial charge in [-0.25, -0.2) is 0 Å². The molecule has 0 atom stereocenters. The zero-order chi connectivity index (χ0) is 17.4. The van der Waals surface area contributed by atoms with Crippen molar-refractivity contribution in [3.8, 4) is 16.8 Å². The first kappa shape index (κ1) is 16.8. The Morgan fingerprint density at radius 3 is 2.25 bits per heavy atom. The fraction of sp³-hybridized carbons (Fsp3) is 0.150. The molecule has 1 heterocycles. The third kappa shape index (κ3) is 2.88. The van der Waals surface area contributed by atoms with E-state index in [4.69, 9.17) is 23.2 Å².